The lowest BCUT2D eigenvalue weighted by Gasteiger charge is -2.38. The van der Waals surface area contributed by atoms with Crippen molar-refractivity contribution in [2.24, 2.45) is 17.8 Å². The van der Waals surface area contributed by atoms with Gasteiger partial charge in [-0.25, -0.2) is 0 Å². The quantitative estimate of drug-likeness (QED) is 0.762. The number of anilines is 1. The minimum Gasteiger partial charge on any atom is -0.494 e. The first-order chi connectivity index (χ1) is 10.1. The van der Waals surface area contributed by atoms with Gasteiger partial charge < -0.3 is 10.1 Å². The Morgan fingerprint density at radius 2 is 1.90 bits per heavy atom. The molecule has 0 radical (unpaired) electrons. The molecule has 0 saturated heterocycles. The molecule has 0 amide bonds. The number of benzene rings is 1. The summed E-state index contributed by atoms with van der Waals surface area (Å²) in [6, 6.07) is 9.07. The fourth-order valence-electron chi connectivity index (χ4n) is 3.45. The van der Waals surface area contributed by atoms with Crippen LogP contribution in [0.4, 0.5) is 5.69 Å². The van der Waals surface area contributed by atoms with Crippen molar-refractivity contribution in [3.05, 3.63) is 24.3 Å². The zero-order chi connectivity index (χ0) is 15.2. The van der Waals surface area contributed by atoms with E-state index >= 15 is 0 Å². The number of hydrogen-bond donors (Lipinski definition) is 1. The van der Waals surface area contributed by atoms with Crippen molar-refractivity contribution >= 4 is 5.69 Å². The third-order valence-electron chi connectivity index (χ3n) is 4.70. The van der Waals surface area contributed by atoms with Crippen LogP contribution >= 0.6 is 0 Å². The van der Waals surface area contributed by atoms with Crippen molar-refractivity contribution < 1.29 is 4.74 Å². The van der Waals surface area contributed by atoms with Gasteiger partial charge in [0.25, 0.3) is 0 Å². The van der Waals surface area contributed by atoms with E-state index < -0.39 is 0 Å². The van der Waals surface area contributed by atoms with Crippen molar-refractivity contribution in [3.63, 3.8) is 0 Å². The molecule has 2 heteroatoms. The predicted octanol–water partition coefficient (Wildman–Crippen LogP) is 5.35. The average molecular weight is 289 g/mol. The molecule has 0 aromatic heterocycles. The van der Waals surface area contributed by atoms with E-state index in [-0.39, 0.29) is 0 Å². The smallest absolute Gasteiger partial charge is 0.119 e. The van der Waals surface area contributed by atoms with E-state index in [9.17, 15) is 0 Å². The zero-order valence-electron chi connectivity index (χ0n) is 14.1. The van der Waals surface area contributed by atoms with E-state index in [0.29, 0.717) is 6.04 Å². The van der Waals surface area contributed by atoms with E-state index in [0.717, 1.165) is 36.5 Å². The van der Waals surface area contributed by atoms with E-state index in [4.69, 9.17) is 4.74 Å². The van der Waals surface area contributed by atoms with E-state index in [2.05, 4.69) is 57.3 Å². The molecule has 1 aliphatic carbocycles. The van der Waals surface area contributed by atoms with Gasteiger partial charge in [-0.05, 0) is 61.3 Å². The first kappa shape index (κ1) is 16.2. The molecule has 3 unspecified atom stereocenters. The van der Waals surface area contributed by atoms with Crippen molar-refractivity contribution in [1.82, 2.24) is 0 Å². The van der Waals surface area contributed by atoms with Gasteiger partial charge in [-0.3, -0.25) is 0 Å². The largest absolute Gasteiger partial charge is 0.494 e. The Morgan fingerprint density at radius 1 is 1.19 bits per heavy atom. The molecule has 118 valence electrons. The third kappa shape index (κ3) is 4.66. The van der Waals surface area contributed by atoms with Gasteiger partial charge in [-0.15, -0.1) is 0 Å². The molecule has 1 saturated carbocycles. The summed E-state index contributed by atoms with van der Waals surface area (Å²) in [6.07, 6.45) is 5.08. The molecular formula is C19H31NO. The van der Waals surface area contributed by atoms with Crippen LogP contribution in [0.15, 0.2) is 24.3 Å². The lowest BCUT2D eigenvalue weighted by molar-refractivity contribution is 0.212. The Morgan fingerprint density at radius 3 is 2.52 bits per heavy atom. The molecule has 3 atom stereocenters. The molecule has 1 aromatic rings. The summed E-state index contributed by atoms with van der Waals surface area (Å²) in [5.41, 5.74) is 1.23. The molecule has 0 aliphatic heterocycles. The van der Waals surface area contributed by atoms with Crippen molar-refractivity contribution in [3.8, 4) is 5.75 Å². The lowest BCUT2D eigenvalue weighted by atomic mass is 9.74. The van der Waals surface area contributed by atoms with Gasteiger partial charge in [0, 0.05) is 11.7 Å². The van der Waals surface area contributed by atoms with Gasteiger partial charge in [-0.2, -0.15) is 0 Å². The molecule has 0 spiro atoms. The second kappa shape index (κ2) is 7.72. The first-order valence-corrected chi connectivity index (χ1v) is 8.59. The number of nitrogens with one attached hydrogen (secondary N) is 1. The number of hydrogen-bond acceptors (Lipinski definition) is 2. The summed E-state index contributed by atoms with van der Waals surface area (Å²) < 4.78 is 5.65. The van der Waals surface area contributed by atoms with Crippen LogP contribution in [0.3, 0.4) is 0 Å². The molecule has 21 heavy (non-hydrogen) atoms. The van der Waals surface area contributed by atoms with Crippen molar-refractivity contribution in [1.29, 1.82) is 0 Å². The van der Waals surface area contributed by atoms with Crippen molar-refractivity contribution in [2.75, 3.05) is 11.9 Å². The molecule has 2 rings (SSSR count). The van der Waals surface area contributed by atoms with Gasteiger partial charge in [0.15, 0.2) is 0 Å². The Bertz CT molecular complexity index is 412. The van der Waals surface area contributed by atoms with Crippen LogP contribution in [0.1, 0.15) is 53.4 Å². The van der Waals surface area contributed by atoms with E-state index in [1.54, 1.807) is 0 Å². The molecule has 2 nitrogen and oxygen atoms in total. The summed E-state index contributed by atoms with van der Waals surface area (Å²) in [5.74, 6) is 3.35. The third-order valence-corrected chi connectivity index (χ3v) is 4.70. The second-order valence-electron chi connectivity index (χ2n) is 6.95. The summed E-state index contributed by atoms with van der Waals surface area (Å²) in [5, 5.41) is 3.77. The van der Waals surface area contributed by atoms with Crippen molar-refractivity contribution in [2.45, 2.75) is 59.4 Å². The monoisotopic (exact) mass is 289 g/mol. The topological polar surface area (TPSA) is 21.3 Å². The normalized spacial score (nSPS) is 25.9. The molecule has 1 aliphatic rings. The van der Waals surface area contributed by atoms with Crippen LogP contribution in [-0.4, -0.2) is 12.6 Å². The number of rotatable bonds is 6. The molecular weight excluding hydrogens is 258 g/mol. The van der Waals surface area contributed by atoms with Gasteiger partial charge >= 0.3 is 0 Å². The molecule has 0 bridgehead atoms. The standard InChI is InChI=1S/C19H31NO/c1-5-12-21-17-9-7-16(8-10-17)20-19-13-15(4)6-11-18(19)14(2)3/h7-10,14-15,18-20H,5-6,11-13H2,1-4H3. The van der Waals surface area contributed by atoms with Crippen LogP contribution in [0.5, 0.6) is 5.75 Å². The molecule has 1 N–H and O–H groups in total. The Balaban J connectivity index is 1.98. The highest BCUT2D eigenvalue weighted by atomic mass is 16.5. The Labute approximate surface area is 130 Å². The molecule has 1 aromatic carbocycles. The van der Waals surface area contributed by atoms with Gasteiger partial charge in [0.2, 0.25) is 0 Å². The summed E-state index contributed by atoms with van der Waals surface area (Å²) in [6.45, 7) is 10.0. The summed E-state index contributed by atoms with van der Waals surface area (Å²) >= 11 is 0. The highest BCUT2D eigenvalue weighted by Crippen LogP contribution is 2.35. The molecule has 0 heterocycles. The maximum atomic E-state index is 5.65. The van der Waals surface area contributed by atoms with Crippen LogP contribution < -0.4 is 10.1 Å². The SMILES string of the molecule is CCCOc1ccc(NC2CC(C)CCC2C(C)C)cc1. The average Bonchev–Trinajstić information content (AvgIpc) is 2.46. The maximum absolute atomic E-state index is 5.65. The number of ether oxygens (including phenoxy) is 1. The zero-order valence-corrected chi connectivity index (χ0v) is 14.1. The summed E-state index contributed by atoms with van der Waals surface area (Å²) in [7, 11) is 0. The fourth-order valence-corrected chi connectivity index (χ4v) is 3.45. The van der Waals surface area contributed by atoms with Crippen LogP contribution in [0.2, 0.25) is 0 Å². The van der Waals surface area contributed by atoms with Crippen LogP contribution in [0.25, 0.3) is 0 Å². The minimum absolute atomic E-state index is 0.608. The summed E-state index contributed by atoms with van der Waals surface area (Å²) in [4.78, 5) is 0. The Kier molecular flexibility index (Phi) is 5.96. The van der Waals surface area contributed by atoms with E-state index in [1.165, 1.54) is 24.9 Å². The first-order valence-electron chi connectivity index (χ1n) is 8.59. The van der Waals surface area contributed by atoms with Crippen LogP contribution in [0, 0.1) is 17.8 Å². The highest BCUT2D eigenvalue weighted by Gasteiger charge is 2.30. The second-order valence-corrected chi connectivity index (χ2v) is 6.95. The predicted molar refractivity (Wildman–Crippen MR) is 91.0 cm³/mol. The van der Waals surface area contributed by atoms with Crippen LogP contribution in [-0.2, 0) is 0 Å². The lowest BCUT2D eigenvalue weighted by Crippen LogP contribution is -2.37. The molecule has 1 fully saturated rings. The van der Waals surface area contributed by atoms with Gasteiger partial charge in [-0.1, -0.05) is 34.1 Å². The highest BCUT2D eigenvalue weighted by molar-refractivity contribution is 5.47. The Hall–Kier alpha value is -1.18. The van der Waals surface area contributed by atoms with Gasteiger partial charge in [0.1, 0.15) is 5.75 Å². The maximum Gasteiger partial charge on any atom is 0.119 e. The van der Waals surface area contributed by atoms with Gasteiger partial charge in [0.05, 0.1) is 6.61 Å². The fraction of sp³-hybridized carbons (Fsp3) is 0.684. The minimum atomic E-state index is 0.608. The van der Waals surface area contributed by atoms with E-state index in [1.807, 2.05) is 0 Å².